The second-order valence-electron chi connectivity index (χ2n) is 4.89. The molecule has 0 amide bonds. The summed E-state index contributed by atoms with van der Waals surface area (Å²) in [5, 5.41) is 3.42. The van der Waals surface area contributed by atoms with Gasteiger partial charge in [-0.25, -0.2) is 4.98 Å². The van der Waals surface area contributed by atoms with Crippen molar-refractivity contribution >= 4 is 23.5 Å². The molecule has 1 aliphatic heterocycles. The van der Waals surface area contributed by atoms with Gasteiger partial charge in [0.2, 0.25) is 5.95 Å². The molecule has 1 aromatic rings. The molecule has 17 heavy (non-hydrogen) atoms. The van der Waals surface area contributed by atoms with Crippen molar-refractivity contribution in [3.05, 3.63) is 12.3 Å². The first-order valence-corrected chi connectivity index (χ1v) is 6.96. The van der Waals surface area contributed by atoms with Gasteiger partial charge in [-0.3, -0.25) is 0 Å². The van der Waals surface area contributed by atoms with Crippen LogP contribution in [-0.4, -0.2) is 41.1 Å². The van der Waals surface area contributed by atoms with Gasteiger partial charge < -0.3 is 10.2 Å². The van der Waals surface area contributed by atoms with E-state index in [9.17, 15) is 0 Å². The van der Waals surface area contributed by atoms with Gasteiger partial charge in [-0.15, -0.1) is 0 Å². The number of hydrogen-bond donors (Lipinski definition) is 1. The van der Waals surface area contributed by atoms with Crippen molar-refractivity contribution in [1.82, 2.24) is 9.97 Å². The summed E-state index contributed by atoms with van der Waals surface area (Å²) in [4.78, 5) is 10.6. The van der Waals surface area contributed by atoms with E-state index in [1.54, 1.807) is 6.20 Å². The Hall–Kier alpha value is -0.970. The molecule has 2 rings (SSSR count). The monoisotopic (exact) mass is 252 g/mol. The van der Waals surface area contributed by atoms with Crippen LogP contribution in [0, 0.1) is 0 Å². The topological polar surface area (TPSA) is 41.1 Å². The van der Waals surface area contributed by atoms with Crippen LogP contribution in [0.3, 0.4) is 0 Å². The quantitative estimate of drug-likeness (QED) is 0.890. The minimum Gasteiger partial charge on any atom is -0.369 e. The molecular weight excluding hydrogens is 232 g/mol. The number of hydrogen-bond acceptors (Lipinski definition) is 5. The van der Waals surface area contributed by atoms with E-state index in [0.29, 0.717) is 4.75 Å². The number of aromatic nitrogens is 2. The van der Waals surface area contributed by atoms with E-state index >= 15 is 0 Å². The van der Waals surface area contributed by atoms with Crippen molar-refractivity contribution in [1.29, 1.82) is 0 Å². The highest BCUT2D eigenvalue weighted by atomic mass is 32.2. The lowest BCUT2D eigenvalue weighted by molar-refractivity contribution is 0.633. The summed E-state index contributed by atoms with van der Waals surface area (Å²) in [6.07, 6.45) is 4.42. The number of rotatable bonds is 4. The number of nitrogens with one attached hydrogen (secondary N) is 1. The summed E-state index contributed by atoms with van der Waals surface area (Å²) in [6.45, 7) is 3.30. The zero-order valence-corrected chi connectivity index (χ0v) is 11.5. The fourth-order valence-electron chi connectivity index (χ4n) is 1.92. The lowest BCUT2D eigenvalue weighted by atomic mass is 10.1. The molecule has 1 fully saturated rings. The van der Waals surface area contributed by atoms with Crippen molar-refractivity contribution < 1.29 is 0 Å². The highest BCUT2D eigenvalue weighted by molar-refractivity contribution is 8.00. The van der Waals surface area contributed by atoms with E-state index in [1.807, 2.05) is 25.1 Å². The molecule has 1 aromatic heterocycles. The highest BCUT2D eigenvalue weighted by Crippen LogP contribution is 2.37. The normalized spacial score (nSPS) is 23.7. The minimum absolute atomic E-state index is 0.364. The molecule has 0 aromatic carbocycles. The average Bonchev–Trinajstić information content (AvgIpc) is 2.75. The predicted octanol–water partition coefficient (Wildman–Crippen LogP) is 2.24. The second-order valence-corrected chi connectivity index (χ2v) is 6.57. The van der Waals surface area contributed by atoms with Crippen LogP contribution >= 0.6 is 11.8 Å². The molecule has 0 bridgehead atoms. The van der Waals surface area contributed by atoms with Gasteiger partial charge in [0.15, 0.2) is 0 Å². The third-order valence-corrected chi connectivity index (χ3v) is 4.52. The van der Waals surface area contributed by atoms with Gasteiger partial charge in [0.1, 0.15) is 5.82 Å². The molecule has 2 heterocycles. The zero-order chi connectivity index (χ0) is 12.3. The zero-order valence-electron chi connectivity index (χ0n) is 10.7. The van der Waals surface area contributed by atoms with Crippen molar-refractivity contribution in [2.45, 2.75) is 24.5 Å². The van der Waals surface area contributed by atoms with E-state index in [4.69, 9.17) is 0 Å². The summed E-state index contributed by atoms with van der Waals surface area (Å²) >= 11 is 2.06. The maximum absolute atomic E-state index is 4.46. The average molecular weight is 252 g/mol. The summed E-state index contributed by atoms with van der Waals surface area (Å²) in [7, 11) is 3.90. The fraction of sp³-hybridized carbons (Fsp3) is 0.667. The standard InChI is InChI=1S/C12H20N4S/c1-12(6-4-8-17-12)9-14-10-5-7-13-11(15-10)16(2)3/h5,7H,4,6,8-9H2,1-3H3,(H,13,14,15). The van der Waals surface area contributed by atoms with Gasteiger partial charge in [-0.2, -0.15) is 16.7 Å². The first kappa shape index (κ1) is 12.5. The molecule has 0 radical (unpaired) electrons. The molecule has 1 saturated heterocycles. The Labute approximate surface area is 107 Å². The van der Waals surface area contributed by atoms with Crippen LogP contribution in [0.15, 0.2) is 12.3 Å². The lowest BCUT2D eigenvalue weighted by Crippen LogP contribution is -2.27. The molecule has 5 heteroatoms. The molecule has 94 valence electrons. The lowest BCUT2D eigenvalue weighted by Gasteiger charge is -2.23. The van der Waals surface area contributed by atoms with Crippen LogP contribution in [0.1, 0.15) is 19.8 Å². The van der Waals surface area contributed by atoms with Crippen LogP contribution in [0.4, 0.5) is 11.8 Å². The van der Waals surface area contributed by atoms with Crippen LogP contribution in [0.5, 0.6) is 0 Å². The Morgan fingerprint density at radius 2 is 2.35 bits per heavy atom. The maximum atomic E-state index is 4.46. The maximum Gasteiger partial charge on any atom is 0.226 e. The molecule has 0 aliphatic carbocycles. The van der Waals surface area contributed by atoms with Gasteiger partial charge in [0.25, 0.3) is 0 Å². The van der Waals surface area contributed by atoms with Crippen molar-refractivity contribution in [2.75, 3.05) is 36.6 Å². The van der Waals surface area contributed by atoms with Gasteiger partial charge in [0.05, 0.1) is 0 Å². The second kappa shape index (κ2) is 5.12. The van der Waals surface area contributed by atoms with E-state index in [0.717, 1.165) is 18.3 Å². The largest absolute Gasteiger partial charge is 0.369 e. The molecule has 1 N–H and O–H groups in total. The molecule has 1 atom stereocenters. The first-order valence-electron chi connectivity index (χ1n) is 5.97. The van der Waals surface area contributed by atoms with E-state index in [-0.39, 0.29) is 0 Å². The van der Waals surface area contributed by atoms with E-state index in [1.165, 1.54) is 18.6 Å². The van der Waals surface area contributed by atoms with Crippen LogP contribution < -0.4 is 10.2 Å². The van der Waals surface area contributed by atoms with Crippen LogP contribution in [0.25, 0.3) is 0 Å². The van der Waals surface area contributed by atoms with Crippen molar-refractivity contribution in [2.24, 2.45) is 0 Å². The SMILES string of the molecule is CN(C)c1nccc(NCC2(C)CCCS2)n1. The Balaban J connectivity index is 1.96. The molecular formula is C12H20N4S. The van der Waals surface area contributed by atoms with Gasteiger partial charge >= 0.3 is 0 Å². The Bertz CT molecular complexity index is 375. The molecule has 1 aliphatic rings. The number of nitrogens with zero attached hydrogens (tertiary/aromatic N) is 3. The van der Waals surface area contributed by atoms with Crippen molar-refractivity contribution in [3.63, 3.8) is 0 Å². The van der Waals surface area contributed by atoms with Gasteiger partial charge in [-0.05, 0) is 31.6 Å². The van der Waals surface area contributed by atoms with E-state index in [2.05, 4.69) is 34.0 Å². The number of anilines is 2. The minimum atomic E-state index is 0.364. The number of thioether (sulfide) groups is 1. The molecule has 0 spiro atoms. The summed E-state index contributed by atoms with van der Waals surface area (Å²) < 4.78 is 0.364. The highest BCUT2D eigenvalue weighted by Gasteiger charge is 2.29. The first-order chi connectivity index (χ1) is 8.09. The predicted molar refractivity (Wildman–Crippen MR) is 74.9 cm³/mol. The molecule has 0 saturated carbocycles. The van der Waals surface area contributed by atoms with Gasteiger partial charge in [-0.1, -0.05) is 0 Å². The van der Waals surface area contributed by atoms with E-state index < -0.39 is 0 Å². The third kappa shape index (κ3) is 3.25. The smallest absolute Gasteiger partial charge is 0.226 e. The van der Waals surface area contributed by atoms with Crippen LogP contribution in [0.2, 0.25) is 0 Å². The van der Waals surface area contributed by atoms with Crippen LogP contribution in [-0.2, 0) is 0 Å². The Morgan fingerprint density at radius 3 is 3.00 bits per heavy atom. The summed E-state index contributed by atoms with van der Waals surface area (Å²) in [6, 6.07) is 1.93. The fourth-order valence-corrected chi connectivity index (χ4v) is 3.16. The summed E-state index contributed by atoms with van der Waals surface area (Å²) in [5.74, 6) is 2.95. The Morgan fingerprint density at radius 1 is 1.53 bits per heavy atom. The third-order valence-electron chi connectivity index (χ3n) is 2.99. The van der Waals surface area contributed by atoms with Gasteiger partial charge in [0, 0.05) is 31.6 Å². The summed E-state index contributed by atoms with van der Waals surface area (Å²) in [5.41, 5.74) is 0. The molecule has 4 nitrogen and oxygen atoms in total. The molecule has 1 unspecified atom stereocenters. The van der Waals surface area contributed by atoms with Crippen molar-refractivity contribution in [3.8, 4) is 0 Å². The Kier molecular flexibility index (Phi) is 3.76.